The number of carbonyl (C=O) groups is 1. The molecule has 0 aromatic heterocycles. The van der Waals surface area contributed by atoms with Crippen molar-refractivity contribution in [1.29, 1.82) is 0 Å². The standard InChI is InChI=1S/C13H24N2OS/c1-10(11-7-14-8-11)12(16)15-9-13(17-2)5-3-4-6-13/h10-11,14H,3-9H2,1-2H3,(H,15,16). The van der Waals surface area contributed by atoms with Crippen LogP contribution in [-0.2, 0) is 4.79 Å². The molecular weight excluding hydrogens is 232 g/mol. The molecule has 2 fully saturated rings. The molecular formula is C13H24N2OS. The molecule has 4 heteroatoms. The molecule has 2 N–H and O–H groups in total. The number of carbonyl (C=O) groups excluding carboxylic acids is 1. The molecule has 1 amide bonds. The first kappa shape index (κ1) is 13.2. The molecule has 1 saturated heterocycles. The summed E-state index contributed by atoms with van der Waals surface area (Å²) in [6.07, 6.45) is 7.33. The van der Waals surface area contributed by atoms with Gasteiger partial charge in [0.2, 0.25) is 5.91 Å². The Bertz CT molecular complexity index is 273. The van der Waals surface area contributed by atoms with E-state index in [1.807, 2.05) is 11.8 Å². The van der Waals surface area contributed by atoms with E-state index < -0.39 is 0 Å². The van der Waals surface area contributed by atoms with Gasteiger partial charge in [0.05, 0.1) is 0 Å². The zero-order valence-electron chi connectivity index (χ0n) is 10.9. The maximum absolute atomic E-state index is 12.0. The molecule has 1 aliphatic heterocycles. The lowest BCUT2D eigenvalue weighted by atomic mass is 9.88. The number of rotatable bonds is 5. The Morgan fingerprint density at radius 1 is 1.47 bits per heavy atom. The first-order valence-corrected chi connectivity index (χ1v) is 7.93. The lowest BCUT2D eigenvalue weighted by Gasteiger charge is -2.33. The maximum Gasteiger partial charge on any atom is 0.223 e. The highest BCUT2D eigenvalue weighted by molar-refractivity contribution is 8.00. The summed E-state index contributed by atoms with van der Waals surface area (Å²) in [4.78, 5) is 12.0. The van der Waals surface area contributed by atoms with Crippen LogP contribution in [0.2, 0.25) is 0 Å². The molecule has 1 aliphatic carbocycles. The molecule has 0 bridgehead atoms. The normalized spacial score (nSPS) is 25.3. The SMILES string of the molecule is CSC1(CNC(=O)C(C)C2CNC2)CCCC1. The molecule has 2 aliphatic rings. The summed E-state index contributed by atoms with van der Waals surface area (Å²) in [6, 6.07) is 0. The van der Waals surface area contributed by atoms with Crippen molar-refractivity contribution in [3.63, 3.8) is 0 Å². The molecule has 3 nitrogen and oxygen atoms in total. The van der Waals surface area contributed by atoms with Crippen molar-refractivity contribution in [3.8, 4) is 0 Å². The van der Waals surface area contributed by atoms with E-state index in [9.17, 15) is 4.79 Å². The molecule has 0 aromatic rings. The van der Waals surface area contributed by atoms with Crippen LogP contribution in [0.4, 0.5) is 0 Å². The predicted molar refractivity (Wildman–Crippen MR) is 73.2 cm³/mol. The average Bonchev–Trinajstić information content (AvgIpc) is 2.73. The summed E-state index contributed by atoms with van der Waals surface area (Å²) in [5.74, 6) is 0.956. The lowest BCUT2D eigenvalue weighted by Crippen LogP contribution is -2.51. The number of thioether (sulfide) groups is 1. The van der Waals surface area contributed by atoms with Crippen molar-refractivity contribution in [2.75, 3.05) is 25.9 Å². The van der Waals surface area contributed by atoms with Gasteiger partial charge in [0.1, 0.15) is 0 Å². The highest BCUT2D eigenvalue weighted by Crippen LogP contribution is 2.39. The highest BCUT2D eigenvalue weighted by atomic mass is 32.2. The van der Waals surface area contributed by atoms with E-state index in [0.717, 1.165) is 19.6 Å². The van der Waals surface area contributed by atoms with Crippen molar-refractivity contribution in [2.24, 2.45) is 11.8 Å². The van der Waals surface area contributed by atoms with Crippen LogP contribution in [0.1, 0.15) is 32.6 Å². The smallest absolute Gasteiger partial charge is 0.223 e. The van der Waals surface area contributed by atoms with Crippen LogP contribution in [0.3, 0.4) is 0 Å². The van der Waals surface area contributed by atoms with Crippen molar-refractivity contribution in [3.05, 3.63) is 0 Å². The van der Waals surface area contributed by atoms with Crippen LogP contribution in [-0.4, -0.2) is 36.5 Å². The fourth-order valence-corrected chi connectivity index (χ4v) is 3.67. The Labute approximate surface area is 108 Å². The zero-order chi connectivity index (χ0) is 12.3. The minimum atomic E-state index is 0.163. The monoisotopic (exact) mass is 256 g/mol. The lowest BCUT2D eigenvalue weighted by molar-refractivity contribution is -0.126. The van der Waals surface area contributed by atoms with Crippen LogP contribution in [0.15, 0.2) is 0 Å². The van der Waals surface area contributed by atoms with E-state index in [0.29, 0.717) is 10.7 Å². The summed E-state index contributed by atoms with van der Waals surface area (Å²) in [5, 5.41) is 6.41. The van der Waals surface area contributed by atoms with Gasteiger partial charge in [-0.05, 0) is 38.1 Å². The second kappa shape index (κ2) is 5.61. The van der Waals surface area contributed by atoms with Gasteiger partial charge in [-0.1, -0.05) is 19.8 Å². The highest BCUT2D eigenvalue weighted by Gasteiger charge is 2.35. The third-order valence-corrected chi connectivity index (χ3v) is 5.88. The summed E-state index contributed by atoms with van der Waals surface area (Å²) in [6.45, 7) is 4.92. The summed E-state index contributed by atoms with van der Waals surface area (Å²) in [5.41, 5.74) is 0. The molecule has 1 saturated carbocycles. The van der Waals surface area contributed by atoms with Crippen LogP contribution in [0.5, 0.6) is 0 Å². The second-order valence-electron chi connectivity index (χ2n) is 5.52. The third-order valence-electron chi connectivity index (χ3n) is 4.47. The Morgan fingerprint density at radius 2 is 2.12 bits per heavy atom. The van der Waals surface area contributed by atoms with Gasteiger partial charge in [-0.3, -0.25) is 4.79 Å². The molecule has 98 valence electrons. The van der Waals surface area contributed by atoms with Crippen molar-refractivity contribution < 1.29 is 4.79 Å². The molecule has 0 spiro atoms. The van der Waals surface area contributed by atoms with E-state index in [1.54, 1.807) is 0 Å². The third kappa shape index (κ3) is 2.97. The fourth-order valence-electron chi connectivity index (χ4n) is 2.76. The predicted octanol–water partition coefficient (Wildman–Crippen LogP) is 1.63. The minimum absolute atomic E-state index is 0.163. The Balaban J connectivity index is 1.78. The number of nitrogens with one attached hydrogen (secondary N) is 2. The van der Waals surface area contributed by atoms with Gasteiger partial charge in [-0.2, -0.15) is 11.8 Å². The Morgan fingerprint density at radius 3 is 2.59 bits per heavy atom. The summed E-state index contributed by atoms with van der Waals surface area (Å²) < 4.78 is 0.327. The largest absolute Gasteiger partial charge is 0.354 e. The van der Waals surface area contributed by atoms with Crippen LogP contribution in [0, 0.1) is 11.8 Å². The van der Waals surface area contributed by atoms with Gasteiger partial charge in [0.15, 0.2) is 0 Å². The summed E-state index contributed by atoms with van der Waals surface area (Å²) >= 11 is 1.93. The number of hydrogen-bond acceptors (Lipinski definition) is 3. The second-order valence-corrected chi connectivity index (χ2v) is 6.79. The van der Waals surface area contributed by atoms with E-state index in [-0.39, 0.29) is 11.8 Å². The van der Waals surface area contributed by atoms with E-state index in [1.165, 1.54) is 25.7 Å². The van der Waals surface area contributed by atoms with Crippen LogP contribution < -0.4 is 10.6 Å². The zero-order valence-corrected chi connectivity index (χ0v) is 11.7. The molecule has 2 rings (SSSR count). The maximum atomic E-state index is 12.0. The van der Waals surface area contributed by atoms with E-state index >= 15 is 0 Å². The minimum Gasteiger partial charge on any atom is -0.354 e. The van der Waals surface area contributed by atoms with Gasteiger partial charge < -0.3 is 10.6 Å². The topological polar surface area (TPSA) is 41.1 Å². The van der Waals surface area contributed by atoms with Gasteiger partial charge >= 0.3 is 0 Å². The molecule has 17 heavy (non-hydrogen) atoms. The number of hydrogen-bond donors (Lipinski definition) is 2. The first-order valence-electron chi connectivity index (χ1n) is 6.70. The number of amides is 1. The van der Waals surface area contributed by atoms with Crippen LogP contribution >= 0.6 is 11.8 Å². The molecule has 1 unspecified atom stereocenters. The molecule has 0 radical (unpaired) electrons. The first-order chi connectivity index (χ1) is 8.17. The molecule has 1 atom stereocenters. The van der Waals surface area contributed by atoms with Crippen molar-refractivity contribution in [2.45, 2.75) is 37.4 Å². The summed E-state index contributed by atoms with van der Waals surface area (Å²) in [7, 11) is 0. The van der Waals surface area contributed by atoms with Crippen molar-refractivity contribution in [1.82, 2.24) is 10.6 Å². The fraction of sp³-hybridized carbons (Fsp3) is 0.923. The molecule has 0 aromatic carbocycles. The van der Waals surface area contributed by atoms with Crippen LogP contribution in [0.25, 0.3) is 0 Å². The van der Waals surface area contributed by atoms with Gasteiger partial charge in [-0.15, -0.1) is 0 Å². The van der Waals surface area contributed by atoms with E-state index in [4.69, 9.17) is 0 Å². The van der Waals surface area contributed by atoms with Gasteiger partial charge in [0, 0.05) is 17.2 Å². The van der Waals surface area contributed by atoms with Gasteiger partial charge in [-0.25, -0.2) is 0 Å². The van der Waals surface area contributed by atoms with Crippen molar-refractivity contribution >= 4 is 17.7 Å². The average molecular weight is 256 g/mol. The Hall–Kier alpha value is -0.220. The molecule has 1 heterocycles. The Kier molecular flexibility index (Phi) is 4.36. The quantitative estimate of drug-likeness (QED) is 0.785. The van der Waals surface area contributed by atoms with Gasteiger partial charge in [0.25, 0.3) is 0 Å². The van der Waals surface area contributed by atoms with E-state index in [2.05, 4.69) is 23.8 Å².